The molecule has 1 saturated heterocycles. The van der Waals surface area contributed by atoms with E-state index in [-0.39, 0.29) is 17.4 Å². The molecule has 0 saturated carbocycles. The monoisotopic (exact) mass is 456 g/mol. The lowest BCUT2D eigenvalue weighted by atomic mass is 9.74. The van der Waals surface area contributed by atoms with Gasteiger partial charge in [0.2, 0.25) is 5.91 Å². The molecule has 3 aromatic rings. The fourth-order valence-electron chi connectivity index (χ4n) is 6.52. The van der Waals surface area contributed by atoms with Crippen molar-refractivity contribution in [1.29, 1.82) is 0 Å². The fourth-order valence-corrected chi connectivity index (χ4v) is 6.72. The number of carbonyl (C=O) groups is 1. The van der Waals surface area contributed by atoms with Gasteiger partial charge < -0.3 is 10.2 Å². The van der Waals surface area contributed by atoms with Crippen LogP contribution in [0.1, 0.15) is 53.0 Å². The first kappa shape index (κ1) is 20.9. The van der Waals surface area contributed by atoms with Crippen LogP contribution in [0.15, 0.2) is 72.8 Å². The van der Waals surface area contributed by atoms with Gasteiger partial charge in [-0.25, -0.2) is 0 Å². The molecule has 1 fully saturated rings. The molecule has 2 aliphatic carbocycles. The molecule has 6 rings (SSSR count). The number of nitrogens with zero attached hydrogens (tertiary/aromatic N) is 1. The number of hydrogen-bond acceptors (Lipinski definition) is 2. The van der Waals surface area contributed by atoms with Crippen LogP contribution in [-0.4, -0.2) is 36.5 Å². The minimum absolute atomic E-state index is 0.0671. The number of hydrogen-bond donors (Lipinski definition) is 1. The first-order chi connectivity index (χ1) is 16.1. The Bertz CT molecular complexity index is 1150. The molecule has 1 amide bonds. The molecule has 1 N–H and O–H groups in total. The van der Waals surface area contributed by atoms with Crippen molar-refractivity contribution in [3.05, 3.63) is 106 Å². The second kappa shape index (κ2) is 8.30. The average molecular weight is 457 g/mol. The lowest BCUT2D eigenvalue weighted by molar-refractivity contribution is -0.121. The van der Waals surface area contributed by atoms with E-state index in [4.69, 9.17) is 11.6 Å². The molecule has 2 bridgehead atoms. The van der Waals surface area contributed by atoms with Crippen LogP contribution >= 0.6 is 11.6 Å². The zero-order valence-electron chi connectivity index (χ0n) is 18.8. The van der Waals surface area contributed by atoms with E-state index in [1.807, 2.05) is 24.3 Å². The van der Waals surface area contributed by atoms with E-state index < -0.39 is 0 Å². The Morgan fingerprint density at radius 1 is 0.909 bits per heavy atom. The maximum Gasteiger partial charge on any atom is 0.224 e. The predicted octanol–water partition coefficient (Wildman–Crippen LogP) is 5.30. The topological polar surface area (TPSA) is 32.3 Å². The quantitative estimate of drug-likeness (QED) is 0.565. The first-order valence-electron chi connectivity index (χ1n) is 12.1. The van der Waals surface area contributed by atoms with Crippen molar-refractivity contribution >= 4 is 17.5 Å². The number of piperidine rings is 1. The Hall–Kier alpha value is -2.62. The number of benzene rings is 3. The number of fused-ring (bicyclic) bond motifs is 8. The molecule has 1 aliphatic heterocycles. The van der Waals surface area contributed by atoms with Crippen molar-refractivity contribution in [2.24, 2.45) is 0 Å². The SMILES string of the molecule is O=C(Cc1ccccc1Cl)NC1CCN(CC23CC(c4ccccc42)c2ccccc23)CC1. The van der Waals surface area contributed by atoms with Gasteiger partial charge in [0.25, 0.3) is 0 Å². The molecule has 0 radical (unpaired) electrons. The largest absolute Gasteiger partial charge is 0.353 e. The number of nitrogens with one attached hydrogen (secondary N) is 1. The molecule has 168 valence electrons. The smallest absolute Gasteiger partial charge is 0.224 e. The standard InChI is InChI=1S/C29H29ClN2O/c30-27-12-6-1-7-20(27)17-28(33)31-21-13-15-32(16-14-21)19-29-18-24(22-8-2-4-10-25(22)29)23-9-3-5-11-26(23)29/h1-12,21,24H,13-19H2,(H,31,33). The lowest BCUT2D eigenvalue weighted by Gasteiger charge is -2.40. The van der Waals surface area contributed by atoms with Gasteiger partial charge >= 0.3 is 0 Å². The Morgan fingerprint density at radius 3 is 2.18 bits per heavy atom. The molecule has 0 spiro atoms. The maximum absolute atomic E-state index is 12.6. The minimum Gasteiger partial charge on any atom is -0.353 e. The van der Waals surface area contributed by atoms with Crippen LogP contribution in [0.5, 0.6) is 0 Å². The van der Waals surface area contributed by atoms with Crippen LogP contribution in [0, 0.1) is 0 Å². The van der Waals surface area contributed by atoms with Crippen LogP contribution in [0.25, 0.3) is 0 Å². The van der Waals surface area contributed by atoms with E-state index in [1.165, 1.54) is 28.7 Å². The molecular formula is C29H29ClN2O. The Labute approximate surface area is 200 Å². The second-order valence-corrected chi connectivity index (χ2v) is 10.3. The molecule has 3 aliphatic rings. The predicted molar refractivity (Wildman–Crippen MR) is 133 cm³/mol. The fraction of sp³-hybridized carbons (Fsp3) is 0.345. The van der Waals surface area contributed by atoms with E-state index in [2.05, 4.69) is 58.7 Å². The van der Waals surface area contributed by atoms with Gasteiger partial charge in [-0.05, 0) is 53.1 Å². The summed E-state index contributed by atoms with van der Waals surface area (Å²) in [7, 11) is 0. The number of rotatable bonds is 5. The zero-order valence-corrected chi connectivity index (χ0v) is 19.5. The number of carbonyl (C=O) groups excluding carboxylic acids is 1. The molecule has 0 unspecified atom stereocenters. The summed E-state index contributed by atoms with van der Waals surface area (Å²) in [6.07, 6.45) is 3.53. The molecule has 3 nitrogen and oxygen atoms in total. The third-order valence-corrected chi connectivity index (χ3v) is 8.38. The average Bonchev–Trinajstić information content (AvgIpc) is 3.34. The van der Waals surface area contributed by atoms with Gasteiger partial charge in [-0.15, -0.1) is 0 Å². The zero-order chi connectivity index (χ0) is 22.4. The highest BCUT2D eigenvalue weighted by molar-refractivity contribution is 6.31. The normalized spacial score (nSPS) is 23.8. The Kier molecular flexibility index (Phi) is 5.27. The minimum atomic E-state index is 0.0671. The van der Waals surface area contributed by atoms with Crippen molar-refractivity contribution in [2.45, 2.75) is 43.1 Å². The third-order valence-electron chi connectivity index (χ3n) is 8.01. The number of amides is 1. The van der Waals surface area contributed by atoms with Crippen molar-refractivity contribution in [3.63, 3.8) is 0 Å². The Balaban J connectivity index is 1.13. The van der Waals surface area contributed by atoms with E-state index in [9.17, 15) is 4.79 Å². The van der Waals surface area contributed by atoms with Gasteiger partial charge in [0.15, 0.2) is 0 Å². The van der Waals surface area contributed by atoms with E-state index in [1.54, 1.807) is 0 Å². The highest BCUT2D eigenvalue weighted by atomic mass is 35.5. The van der Waals surface area contributed by atoms with Gasteiger partial charge in [0.05, 0.1) is 6.42 Å². The van der Waals surface area contributed by atoms with Crippen LogP contribution in [0.3, 0.4) is 0 Å². The number of halogens is 1. The van der Waals surface area contributed by atoms with E-state index in [0.717, 1.165) is 38.0 Å². The summed E-state index contributed by atoms with van der Waals surface area (Å²) in [4.78, 5) is 15.2. The highest BCUT2D eigenvalue weighted by Crippen LogP contribution is 2.60. The highest BCUT2D eigenvalue weighted by Gasteiger charge is 2.53. The maximum atomic E-state index is 12.6. The third kappa shape index (κ3) is 3.59. The van der Waals surface area contributed by atoms with Crippen molar-refractivity contribution in [2.75, 3.05) is 19.6 Å². The summed E-state index contributed by atoms with van der Waals surface area (Å²) in [6.45, 7) is 3.11. The summed E-state index contributed by atoms with van der Waals surface area (Å²) in [6, 6.07) is 26.0. The summed E-state index contributed by atoms with van der Waals surface area (Å²) in [5.74, 6) is 0.608. The molecule has 33 heavy (non-hydrogen) atoms. The van der Waals surface area contributed by atoms with Crippen LogP contribution < -0.4 is 5.32 Å². The van der Waals surface area contributed by atoms with Crippen molar-refractivity contribution < 1.29 is 4.79 Å². The van der Waals surface area contributed by atoms with Gasteiger partial charge in [0.1, 0.15) is 0 Å². The van der Waals surface area contributed by atoms with Crippen LogP contribution in [0.2, 0.25) is 5.02 Å². The molecule has 0 aromatic heterocycles. The Morgan fingerprint density at radius 2 is 1.52 bits per heavy atom. The first-order valence-corrected chi connectivity index (χ1v) is 12.5. The van der Waals surface area contributed by atoms with E-state index in [0.29, 0.717) is 17.4 Å². The summed E-state index contributed by atoms with van der Waals surface area (Å²) in [5.41, 5.74) is 7.11. The van der Waals surface area contributed by atoms with Crippen LogP contribution in [-0.2, 0) is 16.6 Å². The lowest BCUT2D eigenvalue weighted by Crippen LogP contribution is -2.48. The van der Waals surface area contributed by atoms with Gasteiger partial charge in [-0.2, -0.15) is 0 Å². The van der Waals surface area contributed by atoms with Crippen LogP contribution in [0.4, 0.5) is 0 Å². The van der Waals surface area contributed by atoms with Crippen molar-refractivity contribution in [1.82, 2.24) is 10.2 Å². The van der Waals surface area contributed by atoms with Gasteiger partial charge in [-0.1, -0.05) is 78.3 Å². The summed E-state index contributed by atoms with van der Waals surface area (Å²) < 4.78 is 0. The summed E-state index contributed by atoms with van der Waals surface area (Å²) >= 11 is 6.23. The van der Waals surface area contributed by atoms with Gasteiger partial charge in [-0.3, -0.25) is 4.79 Å². The van der Waals surface area contributed by atoms with Crippen molar-refractivity contribution in [3.8, 4) is 0 Å². The second-order valence-electron chi connectivity index (χ2n) is 9.90. The molecule has 0 atom stereocenters. The number of likely N-dealkylation sites (tertiary alicyclic amines) is 1. The van der Waals surface area contributed by atoms with Gasteiger partial charge in [0, 0.05) is 42.0 Å². The summed E-state index contributed by atoms with van der Waals surface area (Å²) in [5, 5.41) is 3.91. The molecule has 3 aromatic carbocycles. The molecule has 1 heterocycles. The molecular weight excluding hydrogens is 428 g/mol. The molecule has 4 heteroatoms. The van der Waals surface area contributed by atoms with E-state index >= 15 is 0 Å².